The van der Waals surface area contributed by atoms with Crippen LogP contribution in [-0.2, 0) is 9.84 Å². The second-order valence-corrected chi connectivity index (χ2v) is 7.51. The van der Waals surface area contributed by atoms with E-state index >= 15 is 0 Å². The van der Waals surface area contributed by atoms with Crippen molar-refractivity contribution < 1.29 is 8.42 Å². The second-order valence-electron chi connectivity index (χ2n) is 5.19. The van der Waals surface area contributed by atoms with Crippen molar-refractivity contribution in [1.82, 2.24) is 4.90 Å². The van der Waals surface area contributed by atoms with E-state index in [1.807, 2.05) is 0 Å². The van der Waals surface area contributed by atoms with Crippen LogP contribution in [0.1, 0.15) is 33.6 Å². The van der Waals surface area contributed by atoms with Crippen molar-refractivity contribution in [2.45, 2.75) is 44.4 Å². The number of hydrogen-bond acceptors (Lipinski definition) is 3. The van der Waals surface area contributed by atoms with Crippen molar-refractivity contribution in [3.63, 3.8) is 0 Å². The van der Waals surface area contributed by atoms with Crippen molar-refractivity contribution in [2.75, 3.05) is 19.3 Å². The van der Waals surface area contributed by atoms with E-state index in [9.17, 15) is 8.42 Å². The third-order valence-electron chi connectivity index (χ3n) is 3.00. The Balaban J connectivity index is 2.56. The zero-order chi connectivity index (χ0) is 11.0. The molecule has 0 amide bonds. The molecule has 0 atom stereocenters. The molecule has 0 spiro atoms. The van der Waals surface area contributed by atoms with E-state index in [2.05, 4.69) is 25.7 Å². The molecule has 1 fully saturated rings. The van der Waals surface area contributed by atoms with Crippen LogP contribution >= 0.6 is 0 Å². The number of likely N-dealkylation sites (tertiary alicyclic amines) is 1. The van der Waals surface area contributed by atoms with Gasteiger partial charge in [-0.2, -0.15) is 0 Å². The van der Waals surface area contributed by atoms with E-state index in [1.165, 1.54) is 6.26 Å². The average Bonchev–Trinajstić information content (AvgIpc) is 2.01. The van der Waals surface area contributed by atoms with Gasteiger partial charge in [0.1, 0.15) is 9.84 Å². The average molecular weight is 219 g/mol. The zero-order valence-electron chi connectivity index (χ0n) is 9.58. The van der Waals surface area contributed by atoms with Gasteiger partial charge in [0.25, 0.3) is 0 Å². The van der Waals surface area contributed by atoms with Crippen LogP contribution in [0.25, 0.3) is 0 Å². The minimum Gasteiger partial charge on any atom is -0.298 e. The molecule has 0 aromatic carbocycles. The molecule has 1 saturated heterocycles. The highest BCUT2D eigenvalue weighted by molar-refractivity contribution is 7.91. The molecule has 0 aliphatic carbocycles. The van der Waals surface area contributed by atoms with Gasteiger partial charge in [0, 0.05) is 11.8 Å². The van der Waals surface area contributed by atoms with E-state index < -0.39 is 9.84 Å². The van der Waals surface area contributed by atoms with Gasteiger partial charge in [0.15, 0.2) is 0 Å². The first-order valence-corrected chi connectivity index (χ1v) is 7.10. The molecule has 3 nitrogen and oxygen atoms in total. The molecule has 1 heterocycles. The second kappa shape index (κ2) is 3.81. The predicted octanol–water partition coefficient (Wildman–Crippen LogP) is 1.29. The summed E-state index contributed by atoms with van der Waals surface area (Å²) in [6.07, 6.45) is 2.93. The quantitative estimate of drug-likeness (QED) is 0.667. The van der Waals surface area contributed by atoms with E-state index in [-0.39, 0.29) is 10.8 Å². The Labute approximate surface area is 87.4 Å². The van der Waals surface area contributed by atoms with Gasteiger partial charge >= 0.3 is 0 Å². The van der Waals surface area contributed by atoms with Gasteiger partial charge in [-0.05, 0) is 46.7 Å². The minimum atomic E-state index is -2.82. The molecule has 0 saturated carbocycles. The monoisotopic (exact) mass is 219 g/mol. The van der Waals surface area contributed by atoms with Crippen LogP contribution in [0.15, 0.2) is 0 Å². The smallest absolute Gasteiger partial charge is 0.150 e. The molecule has 0 unspecified atom stereocenters. The molecule has 0 radical (unpaired) electrons. The summed E-state index contributed by atoms with van der Waals surface area (Å²) in [7, 11) is -2.82. The van der Waals surface area contributed by atoms with E-state index in [1.54, 1.807) is 0 Å². The Morgan fingerprint density at radius 2 is 1.57 bits per heavy atom. The third kappa shape index (κ3) is 2.95. The van der Waals surface area contributed by atoms with E-state index in [0.717, 1.165) is 25.9 Å². The van der Waals surface area contributed by atoms with Crippen LogP contribution in [0, 0.1) is 0 Å². The van der Waals surface area contributed by atoms with Crippen molar-refractivity contribution >= 4 is 9.84 Å². The Morgan fingerprint density at radius 3 is 1.86 bits per heavy atom. The largest absolute Gasteiger partial charge is 0.298 e. The normalized spacial score (nSPS) is 22.6. The molecular formula is C10H21NO2S. The number of hydrogen-bond donors (Lipinski definition) is 0. The Kier molecular flexibility index (Phi) is 3.26. The minimum absolute atomic E-state index is 0.110. The van der Waals surface area contributed by atoms with Crippen molar-refractivity contribution in [3.05, 3.63) is 0 Å². The fourth-order valence-corrected chi connectivity index (χ4v) is 3.02. The molecule has 1 aliphatic heterocycles. The number of nitrogens with zero attached hydrogens (tertiary/aromatic N) is 1. The summed E-state index contributed by atoms with van der Waals surface area (Å²) in [6.45, 7) is 8.33. The summed E-state index contributed by atoms with van der Waals surface area (Å²) in [5.74, 6) is 0. The van der Waals surface area contributed by atoms with E-state index in [0.29, 0.717) is 0 Å². The molecule has 0 aromatic rings. The van der Waals surface area contributed by atoms with Gasteiger partial charge in [-0.15, -0.1) is 0 Å². The van der Waals surface area contributed by atoms with Crippen LogP contribution in [-0.4, -0.2) is 43.5 Å². The van der Waals surface area contributed by atoms with Crippen LogP contribution in [0.2, 0.25) is 0 Å². The van der Waals surface area contributed by atoms with Gasteiger partial charge < -0.3 is 0 Å². The summed E-state index contributed by atoms with van der Waals surface area (Å²) in [5.41, 5.74) is 0.169. The first-order valence-electron chi connectivity index (χ1n) is 5.15. The highest BCUT2D eigenvalue weighted by Gasteiger charge is 2.30. The van der Waals surface area contributed by atoms with Gasteiger partial charge in [-0.3, -0.25) is 4.90 Å². The van der Waals surface area contributed by atoms with Crippen molar-refractivity contribution in [1.29, 1.82) is 0 Å². The molecule has 0 bridgehead atoms. The van der Waals surface area contributed by atoms with Crippen LogP contribution in [0.3, 0.4) is 0 Å². The topological polar surface area (TPSA) is 37.4 Å². The molecule has 0 N–H and O–H groups in total. The molecule has 84 valence electrons. The summed E-state index contributed by atoms with van der Waals surface area (Å²) in [5, 5.41) is -0.110. The predicted molar refractivity (Wildman–Crippen MR) is 59.2 cm³/mol. The fraction of sp³-hybridized carbons (Fsp3) is 1.00. The zero-order valence-corrected chi connectivity index (χ0v) is 10.4. The van der Waals surface area contributed by atoms with Gasteiger partial charge in [-0.25, -0.2) is 8.42 Å². The first kappa shape index (κ1) is 12.0. The molecule has 1 aliphatic rings. The highest BCUT2D eigenvalue weighted by Crippen LogP contribution is 2.23. The Morgan fingerprint density at radius 1 is 1.14 bits per heavy atom. The highest BCUT2D eigenvalue weighted by atomic mass is 32.2. The maximum Gasteiger partial charge on any atom is 0.150 e. The summed E-state index contributed by atoms with van der Waals surface area (Å²) >= 11 is 0. The van der Waals surface area contributed by atoms with Gasteiger partial charge in [0.05, 0.1) is 5.25 Å². The lowest BCUT2D eigenvalue weighted by Crippen LogP contribution is -2.48. The number of rotatable bonds is 1. The molecular weight excluding hydrogens is 198 g/mol. The van der Waals surface area contributed by atoms with Crippen LogP contribution < -0.4 is 0 Å². The lowest BCUT2D eigenvalue weighted by atomic mass is 10.0. The lowest BCUT2D eigenvalue weighted by molar-refractivity contribution is 0.112. The maximum atomic E-state index is 11.3. The molecule has 0 aromatic heterocycles. The number of sulfone groups is 1. The standard InChI is InChI=1S/C10H21NO2S/c1-10(2,3)11-7-5-9(6-8-11)14(4,12)13/h9H,5-8H2,1-4H3. The van der Waals surface area contributed by atoms with Crippen molar-refractivity contribution in [2.24, 2.45) is 0 Å². The molecule has 4 heteroatoms. The lowest BCUT2D eigenvalue weighted by Gasteiger charge is -2.40. The van der Waals surface area contributed by atoms with Crippen LogP contribution in [0.4, 0.5) is 0 Å². The van der Waals surface area contributed by atoms with Gasteiger partial charge in [-0.1, -0.05) is 0 Å². The summed E-state index contributed by atoms with van der Waals surface area (Å²) < 4.78 is 22.6. The Hall–Kier alpha value is -0.0900. The molecule has 14 heavy (non-hydrogen) atoms. The SMILES string of the molecule is CC(C)(C)N1CCC(S(C)(=O)=O)CC1. The summed E-state index contributed by atoms with van der Waals surface area (Å²) in [6, 6.07) is 0. The fourth-order valence-electron chi connectivity index (χ4n) is 1.95. The Bertz CT molecular complexity index is 282. The third-order valence-corrected chi connectivity index (χ3v) is 4.68. The van der Waals surface area contributed by atoms with Crippen molar-refractivity contribution in [3.8, 4) is 0 Å². The number of piperidine rings is 1. The van der Waals surface area contributed by atoms with Gasteiger partial charge in [0.2, 0.25) is 0 Å². The molecule has 1 rings (SSSR count). The maximum absolute atomic E-state index is 11.3. The van der Waals surface area contributed by atoms with Crippen LogP contribution in [0.5, 0.6) is 0 Å². The first-order chi connectivity index (χ1) is 6.21. The summed E-state index contributed by atoms with van der Waals surface area (Å²) in [4.78, 5) is 2.36. The van der Waals surface area contributed by atoms with E-state index in [4.69, 9.17) is 0 Å².